The first-order valence-electron chi connectivity index (χ1n) is 11.9. The van der Waals surface area contributed by atoms with Gasteiger partial charge in [0, 0.05) is 22.3 Å². The number of carbonyl (C=O) groups excluding carboxylic acids is 3. The monoisotopic (exact) mass is 509 g/mol. The van der Waals surface area contributed by atoms with Gasteiger partial charge in [-0.1, -0.05) is 80.0 Å². The van der Waals surface area contributed by atoms with Gasteiger partial charge in [-0.15, -0.1) is 0 Å². The van der Waals surface area contributed by atoms with E-state index in [2.05, 4.69) is 24.5 Å². The molecule has 0 atom stereocenters. The summed E-state index contributed by atoms with van der Waals surface area (Å²) in [5.74, 6) is -1.14. The van der Waals surface area contributed by atoms with E-state index in [4.69, 9.17) is 11.6 Å². The molecule has 3 amide bonds. The van der Waals surface area contributed by atoms with Crippen LogP contribution in [0.5, 0.6) is 0 Å². The van der Waals surface area contributed by atoms with Crippen molar-refractivity contribution < 1.29 is 14.4 Å². The van der Waals surface area contributed by atoms with E-state index < -0.39 is 11.8 Å². The van der Waals surface area contributed by atoms with Crippen molar-refractivity contribution in [3.8, 4) is 0 Å². The van der Waals surface area contributed by atoms with Gasteiger partial charge in [0.1, 0.15) is 10.7 Å². The zero-order chi connectivity index (χ0) is 26.1. The van der Waals surface area contributed by atoms with E-state index in [1.807, 2.05) is 54.6 Å². The fraction of sp³-hybridized carbons (Fsp3) is 0.100. The van der Waals surface area contributed by atoms with Crippen LogP contribution in [0.15, 0.2) is 102 Å². The number of hydrogen-bond donors (Lipinski definition) is 2. The highest BCUT2D eigenvalue weighted by Gasteiger charge is 2.39. The maximum atomic E-state index is 13.2. The molecular weight excluding hydrogens is 486 g/mol. The summed E-state index contributed by atoms with van der Waals surface area (Å²) in [5, 5.41) is 7.64. The number of benzene rings is 4. The van der Waals surface area contributed by atoms with Crippen LogP contribution in [0.2, 0.25) is 0 Å². The molecule has 5 rings (SSSR count). The Labute approximate surface area is 219 Å². The van der Waals surface area contributed by atoms with Gasteiger partial charge in [0.15, 0.2) is 0 Å². The maximum absolute atomic E-state index is 13.2. The SMILES string of the molecule is CC(C)c1ccc(N2C(=O)C(Cl)=C(Nc3cccc(C(=O)Nc4cccc5ccccc45)c3)C2=O)cc1. The number of amides is 3. The minimum Gasteiger partial charge on any atom is -0.350 e. The third-order valence-corrected chi connectivity index (χ3v) is 6.63. The molecule has 0 bridgehead atoms. The van der Waals surface area contributed by atoms with Gasteiger partial charge in [-0.2, -0.15) is 0 Å². The summed E-state index contributed by atoms with van der Waals surface area (Å²) in [4.78, 5) is 40.1. The second-order valence-corrected chi connectivity index (χ2v) is 9.45. The molecule has 0 saturated carbocycles. The van der Waals surface area contributed by atoms with Crippen molar-refractivity contribution in [1.82, 2.24) is 0 Å². The third-order valence-electron chi connectivity index (χ3n) is 6.28. The summed E-state index contributed by atoms with van der Waals surface area (Å²) in [6.07, 6.45) is 0. The number of fused-ring (bicyclic) bond motifs is 1. The third kappa shape index (κ3) is 4.71. The molecule has 37 heavy (non-hydrogen) atoms. The van der Waals surface area contributed by atoms with Gasteiger partial charge in [-0.3, -0.25) is 14.4 Å². The predicted octanol–water partition coefficient (Wildman–Crippen LogP) is 6.65. The highest BCUT2D eigenvalue weighted by Crippen LogP contribution is 2.31. The van der Waals surface area contributed by atoms with Gasteiger partial charge < -0.3 is 10.6 Å². The summed E-state index contributed by atoms with van der Waals surface area (Å²) in [7, 11) is 0. The van der Waals surface area contributed by atoms with Crippen molar-refractivity contribution in [2.24, 2.45) is 0 Å². The first-order valence-corrected chi connectivity index (χ1v) is 12.3. The Bertz CT molecular complexity index is 1570. The van der Waals surface area contributed by atoms with Gasteiger partial charge in [0.05, 0.1) is 5.69 Å². The van der Waals surface area contributed by atoms with Crippen LogP contribution in [0.3, 0.4) is 0 Å². The molecule has 0 aromatic heterocycles. The molecule has 7 heteroatoms. The van der Waals surface area contributed by atoms with Crippen molar-refractivity contribution in [1.29, 1.82) is 0 Å². The van der Waals surface area contributed by atoms with Crippen LogP contribution in [-0.4, -0.2) is 17.7 Å². The van der Waals surface area contributed by atoms with Crippen molar-refractivity contribution in [2.75, 3.05) is 15.5 Å². The number of hydrogen-bond acceptors (Lipinski definition) is 4. The van der Waals surface area contributed by atoms with Crippen molar-refractivity contribution in [3.05, 3.63) is 113 Å². The van der Waals surface area contributed by atoms with Crippen LogP contribution in [0.1, 0.15) is 35.7 Å². The Hall–Kier alpha value is -4.42. The van der Waals surface area contributed by atoms with Gasteiger partial charge in [-0.05, 0) is 53.3 Å². The minimum atomic E-state index is -0.601. The highest BCUT2D eigenvalue weighted by molar-refractivity contribution is 6.53. The molecule has 1 heterocycles. The number of anilines is 3. The van der Waals surface area contributed by atoms with Gasteiger partial charge in [0.2, 0.25) is 0 Å². The maximum Gasteiger partial charge on any atom is 0.283 e. The van der Waals surface area contributed by atoms with Crippen LogP contribution in [-0.2, 0) is 9.59 Å². The fourth-order valence-corrected chi connectivity index (χ4v) is 4.48. The van der Waals surface area contributed by atoms with E-state index in [0.717, 1.165) is 21.2 Å². The predicted molar refractivity (Wildman–Crippen MR) is 148 cm³/mol. The zero-order valence-corrected chi connectivity index (χ0v) is 21.0. The van der Waals surface area contributed by atoms with Crippen molar-refractivity contribution in [3.63, 3.8) is 0 Å². The molecule has 0 fully saturated rings. The molecule has 2 N–H and O–H groups in total. The van der Waals surface area contributed by atoms with Crippen molar-refractivity contribution in [2.45, 2.75) is 19.8 Å². The second-order valence-electron chi connectivity index (χ2n) is 9.07. The smallest absolute Gasteiger partial charge is 0.283 e. The number of halogens is 1. The molecule has 184 valence electrons. The molecule has 4 aromatic rings. The summed E-state index contributed by atoms with van der Waals surface area (Å²) in [6.45, 7) is 4.14. The molecule has 4 aromatic carbocycles. The van der Waals surface area contributed by atoms with Gasteiger partial charge >= 0.3 is 0 Å². The van der Waals surface area contributed by atoms with E-state index in [1.165, 1.54) is 0 Å². The number of nitrogens with one attached hydrogen (secondary N) is 2. The Morgan fingerprint density at radius 1 is 0.838 bits per heavy atom. The first kappa shape index (κ1) is 24.3. The Kier molecular flexibility index (Phi) is 6.51. The van der Waals surface area contributed by atoms with Crippen LogP contribution in [0.4, 0.5) is 17.1 Å². The molecular formula is C30H24ClN3O3. The Morgan fingerprint density at radius 3 is 2.30 bits per heavy atom. The van der Waals surface area contributed by atoms with E-state index in [-0.39, 0.29) is 16.6 Å². The average molecular weight is 510 g/mol. The lowest BCUT2D eigenvalue weighted by Gasteiger charge is -2.16. The number of rotatable bonds is 6. The molecule has 1 aliphatic rings. The lowest BCUT2D eigenvalue weighted by molar-refractivity contribution is -0.120. The van der Waals surface area contributed by atoms with Crippen LogP contribution >= 0.6 is 11.6 Å². The lowest BCUT2D eigenvalue weighted by atomic mass is 10.0. The molecule has 0 spiro atoms. The number of carbonyl (C=O) groups is 3. The Morgan fingerprint density at radius 2 is 1.54 bits per heavy atom. The number of nitrogens with zero attached hydrogens (tertiary/aromatic N) is 1. The molecule has 0 aliphatic carbocycles. The zero-order valence-electron chi connectivity index (χ0n) is 20.3. The summed E-state index contributed by atoms with van der Waals surface area (Å²) >= 11 is 6.29. The molecule has 0 radical (unpaired) electrons. The van der Waals surface area contributed by atoms with E-state index in [1.54, 1.807) is 36.4 Å². The van der Waals surface area contributed by atoms with Crippen LogP contribution < -0.4 is 15.5 Å². The van der Waals surface area contributed by atoms with Crippen molar-refractivity contribution >= 4 is 57.2 Å². The van der Waals surface area contributed by atoms with Gasteiger partial charge in [-0.25, -0.2) is 4.90 Å². The summed E-state index contributed by atoms with van der Waals surface area (Å²) in [6, 6.07) is 27.4. The number of imide groups is 1. The van der Waals surface area contributed by atoms with Gasteiger partial charge in [0.25, 0.3) is 17.7 Å². The highest BCUT2D eigenvalue weighted by atomic mass is 35.5. The summed E-state index contributed by atoms with van der Waals surface area (Å²) < 4.78 is 0. The molecule has 0 unspecified atom stereocenters. The summed E-state index contributed by atoms with van der Waals surface area (Å²) in [5.41, 5.74) is 3.04. The van der Waals surface area contributed by atoms with E-state index >= 15 is 0 Å². The van der Waals surface area contributed by atoms with E-state index in [0.29, 0.717) is 28.5 Å². The normalized spacial score (nSPS) is 13.6. The fourth-order valence-electron chi connectivity index (χ4n) is 4.27. The topological polar surface area (TPSA) is 78.5 Å². The largest absolute Gasteiger partial charge is 0.350 e. The van der Waals surface area contributed by atoms with Crippen LogP contribution in [0, 0.1) is 0 Å². The van der Waals surface area contributed by atoms with E-state index in [9.17, 15) is 14.4 Å². The minimum absolute atomic E-state index is 0.0359. The van der Waals surface area contributed by atoms with Crippen LogP contribution in [0.25, 0.3) is 10.8 Å². The molecule has 6 nitrogen and oxygen atoms in total. The second kappa shape index (κ2) is 9.91. The average Bonchev–Trinajstić information content (AvgIpc) is 3.12. The quantitative estimate of drug-likeness (QED) is 0.285. The molecule has 0 saturated heterocycles. The standard InChI is InChI=1S/C30H24ClN3O3/c1-18(2)19-13-15-23(16-14-19)34-29(36)26(31)27(30(34)37)32-22-10-5-9-21(17-22)28(35)33-25-12-6-8-20-7-3-4-11-24(20)25/h3-18,32H,1-2H3,(H,33,35). The lowest BCUT2D eigenvalue weighted by Crippen LogP contribution is -2.32. The first-order chi connectivity index (χ1) is 17.8. The Balaban J connectivity index is 1.35. The molecule has 1 aliphatic heterocycles.